The van der Waals surface area contributed by atoms with Crippen LogP contribution in [0.3, 0.4) is 0 Å². The molecule has 1 saturated carbocycles. The molecular weight excluding hydrogens is 512 g/mol. The van der Waals surface area contributed by atoms with Crippen LogP contribution >= 0.6 is 0 Å². The van der Waals surface area contributed by atoms with Gasteiger partial charge in [-0.15, -0.1) is 0 Å². The summed E-state index contributed by atoms with van der Waals surface area (Å²) in [6, 6.07) is 3.25. The van der Waals surface area contributed by atoms with Crippen LogP contribution in [0.1, 0.15) is 37.3 Å². The number of H-pyrrole nitrogens is 1. The van der Waals surface area contributed by atoms with Crippen molar-refractivity contribution >= 4 is 23.5 Å². The molecule has 3 aromatic heterocycles. The van der Waals surface area contributed by atoms with Crippen molar-refractivity contribution in [3.05, 3.63) is 35.9 Å². The van der Waals surface area contributed by atoms with Crippen LogP contribution in [0, 0.1) is 5.92 Å². The molecule has 2 aliphatic heterocycles. The lowest BCUT2D eigenvalue weighted by Gasteiger charge is -2.39. The van der Waals surface area contributed by atoms with E-state index >= 15 is 4.39 Å². The first-order valence-corrected chi connectivity index (χ1v) is 12.3. The smallest absolute Gasteiger partial charge is 0.408 e. The van der Waals surface area contributed by atoms with Crippen molar-refractivity contribution in [1.29, 1.82) is 0 Å². The Morgan fingerprint density at radius 1 is 1.34 bits per heavy atom. The van der Waals surface area contributed by atoms with Gasteiger partial charge in [-0.05, 0) is 25.8 Å². The summed E-state index contributed by atoms with van der Waals surface area (Å²) in [5, 5.41) is 12.7. The minimum absolute atomic E-state index is 0.0501. The minimum Gasteiger partial charge on any atom is -0.441 e. The number of hydrogen-bond acceptors (Lipinski definition) is 8. The Morgan fingerprint density at radius 3 is 2.87 bits per heavy atom. The molecule has 15 heteroatoms. The molecule has 3 atom stereocenters. The maximum Gasteiger partial charge on any atom is 0.408 e. The number of halogens is 4. The van der Waals surface area contributed by atoms with Crippen molar-refractivity contribution in [2.45, 2.75) is 56.4 Å². The van der Waals surface area contributed by atoms with Crippen molar-refractivity contribution in [3.8, 4) is 0 Å². The van der Waals surface area contributed by atoms with Gasteiger partial charge >= 0.3 is 12.3 Å². The van der Waals surface area contributed by atoms with Gasteiger partial charge in [-0.25, -0.2) is 19.2 Å². The number of carbonyl (C=O) groups is 1. The highest BCUT2D eigenvalue weighted by molar-refractivity contribution is 5.69. The fourth-order valence-electron chi connectivity index (χ4n) is 4.60. The molecule has 0 unspecified atom stereocenters. The number of aromatic amines is 1. The van der Waals surface area contributed by atoms with Crippen LogP contribution in [0.5, 0.6) is 0 Å². The third-order valence-corrected chi connectivity index (χ3v) is 7.13. The molecule has 5 heterocycles. The molecule has 0 radical (unpaired) electrons. The molecule has 0 bridgehead atoms. The van der Waals surface area contributed by atoms with Crippen molar-refractivity contribution in [3.63, 3.8) is 0 Å². The van der Waals surface area contributed by atoms with Gasteiger partial charge in [0.25, 0.3) is 0 Å². The van der Waals surface area contributed by atoms with E-state index in [1.54, 1.807) is 27.6 Å². The second-order valence-electron chi connectivity index (χ2n) is 10.3. The average Bonchev–Trinajstić information content (AvgIpc) is 3.17. The lowest BCUT2D eigenvalue weighted by molar-refractivity contribution is -0.210. The van der Waals surface area contributed by atoms with Crippen molar-refractivity contribution < 1.29 is 31.8 Å². The average molecular weight is 539 g/mol. The Kier molecular flexibility index (Phi) is 5.94. The van der Waals surface area contributed by atoms with Gasteiger partial charge in [0.1, 0.15) is 11.8 Å². The number of hydrogen-bond donors (Lipinski definition) is 3. The largest absolute Gasteiger partial charge is 0.441 e. The fourth-order valence-corrected chi connectivity index (χ4v) is 4.60. The molecule has 0 aromatic carbocycles. The number of likely N-dealkylation sites (tertiary alicyclic amines) is 1. The first-order valence-electron chi connectivity index (χ1n) is 12.3. The van der Waals surface area contributed by atoms with Crippen LogP contribution in [0.2, 0.25) is 0 Å². The quantitative estimate of drug-likeness (QED) is 0.392. The third kappa shape index (κ3) is 4.99. The highest BCUT2D eigenvalue weighted by Gasteiger charge is 2.47. The van der Waals surface area contributed by atoms with E-state index in [-0.39, 0.29) is 31.8 Å². The highest BCUT2D eigenvalue weighted by atomic mass is 19.4. The zero-order valence-electron chi connectivity index (χ0n) is 20.3. The summed E-state index contributed by atoms with van der Waals surface area (Å²) in [7, 11) is 0. The Hall–Kier alpha value is -3.46. The molecule has 3 aliphatic rings. The van der Waals surface area contributed by atoms with Gasteiger partial charge in [0.05, 0.1) is 23.9 Å². The maximum atomic E-state index is 15.0. The van der Waals surface area contributed by atoms with Gasteiger partial charge in [0, 0.05) is 43.6 Å². The van der Waals surface area contributed by atoms with E-state index in [2.05, 4.69) is 30.8 Å². The van der Waals surface area contributed by atoms with E-state index < -0.39 is 36.6 Å². The normalized spacial score (nSPS) is 25.3. The second-order valence-corrected chi connectivity index (χ2v) is 10.3. The van der Waals surface area contributed by atoms with Crippen molar-refractivity contribution in [1.82, 2.24) is 34.8 Å². The summed E-state index contributed by atoms with van der Waals surface area (Å²) in [6.07, 6.45) is -3.50. The van der Waals surface area contributed by atoms with Crippen LogP contribution in [0.25, 0.3) is 5.65 Å². The molecule has 38 heavy (non-hydrogen) atoms. The number of nitrogens with one attached hydrogen (secondary N) is 3. The van der Waals surface area contributed by atoms with E-state index in [4.69, 9.17) is 9.47 Å². The van der Waals surface area contributed by atoms with E-state index in [1.165, 1.54) is 6.20 Å². The number of ether oxygens (including phenoxy) is 2. The Bertz CT molecular complexity index is 1330. The first-order chi connectivity index (χ1) is 18.1. The molecule has 1 amide bonds. The summed E-state index contributed by atoms with van der Waals surface area (Å²) in [4.78, 5) is 22.5. The van der Waals surface area contributed by atoms with E-state index in [0.29, 0.717) is 28.8 Å². The number of alkyl halides is 4. The zero-order valence-corrected chi connectivity index (χ0v) is 20.3. The van der Waals surface area contributed by atoms with Gasteiger partial charge in [-0.1, -0.05) is 0 Å². The molecule has 1 aliphatic carbocycles. The van der Waals surface area contributed by atoms with E-state index in [0.717, 1.165) is 12.8 Å². The number of amides is 1. The van der Waals surface area contributed by atoms with Crippen molar-refractivity contribution in [2.24, 2.45) is 5.92 Å². The molecule has 3 aromatic rings. The highest BCUT2D eigenvalue weighted by Crippen LogP contribution is 2.36. The molecule has 2 saturated heterocycles. The van der Waals surface area contributed by atoms with Gasteiger partial charge in [0.2, 0.25) is 5.95 Å². The van der Waals surface area contributed by atoms with Crippen LogP contribution < -0.4 is 10.6 Å². The second kappa shape index (κ2) is 9.08. The third-order valence-electron chi connectivity index (χ3n) is 7.13. The number of aromatic nitrogens is 5. The standard InChI is InChI=1S/C23H26F4N8O3/c1-22(3-4-22)31-21(36)38-15-11-37-19(18(15)24)14-6-16(33-32-14)30-20-28-5-2-17-29-13(10-35(17)20)9-34-7-12(8-34)23(25,26)27/h2,5-6,10,12,15,18-19H,3-4,7-9,11H2,1H3,(H,31,36)(H2,28,30,32,33)/t15-,18+,19-/m0/s1. The molecule has 11 nitrogen and oxygen atoms in total. The van der Waals surface area contributed by atoms with Crippen molar-refractivity contribution in [2.75, 3.05) is 25.0 Å². The summed E-state index contributed by atoms with van der Waals surface area (Å²) in [6.45, 7) is 2.00. The topological polar surface area (TPSA) is 122 Å². The molecule has 204 valence electrons. The minimum atomic E-state index is -4.18. The van der Waals surface area contributed by atoms with Gasteiger partial charge in [-0.3, -0.25) is 14.4 Å². The Morgan fingerprint density at radius 2 is 2.13 bits per heavy atom. The van der Waals surface area contributed by atoms with E-state index in [1.807, 2.05) is 6.92 Å². The number of imidazole rings is 1. The number of fused-ring (bicyclic) bond motifs is 1. The number of anilines is 2. The van der Waals surface area contributed by atoms with Crippen LogP contribution in [-0.4, -0.2) is 79.2 Å². The fraction of sp³-hybridized carbons (Fsp3) is 0.565. The summed E-state index contributed by atoms with van der Waals surface area (Å²) >= 11 is 0. The van der Waals surface area contributed by atoms with E-state index in [9.17, 15) is 18.0 Å². The van der Waals surface area contributed by atoms with Crippen LogP contribution in [0.15, 0.2) is 24.5 Å². The SMILES string of the molecule is CC1(NC(=O)O[C@H]2CO[C@@H](c3cc(Nc4nccc5nc(CN6CC(C(F)(F)F)C6)cn45)n[nH]3)[C@@H]2F)CC1. The number of nitrogens with zero attached hydrogens (tertiary/aromatic N) is 5. The summed E-state index contributed by atoms with van der Waals surface area (Å²) < 4.78 is 65.8. The van der Waals surface area contributed by atoms with Gasteiger partial charge in [0.15, 0.2) is 18.1 Å². The number of alkyl carbamates (subject to hydrolysis) is 1. The lowest BCUT2D eigenvalue weighted by Crippen LogP contribution is -2.52. The Balaban J connectivity index is 1.08. The van der Waals surface area contributed by atoms with Gasteiger partial charge in [-0.2, -0.15) is 18.3 Å². The molecular formula is C23H26F4N8O3. The van der Waals surface area contributed by atoms with Crippen LogP contribution in [-0.2, 0) is 16.0 Å². The maximum absolute atomic E-state index is 15.0. The Labute approximate surface area is 213 Å². The monoisotopic (exact) mass is 538 g/mol. The zero-order chi connectivity index (χ0) is 26.7. The first kappa shape index (κ1) is 24.9. The predicted molar refractivity (Wildman–Crippen MR) is 124 cm³/mol. The number of carbonyl (C=O) groups excluding carboxylic acids is 1. The summed E-state index contributed by atoms with van der Waals surface area (Å²) in [5.41, 5.74) is 1.25. The molecule has 6 rings (SSSR count). The molecule has 3 N–H and O–H groups in total. The van der Waals surface area contributed by atoms with Crippen LogP contribution in [0.4, 0.5) is 34.1 Å². The number of rotatable bonds is 7. The van der Waals surface area contributed by atoms with Gasteiger partial charge < -0.3 is 20.1 Å². The molecule has 0 spiro atoms. The lowest BCUT2D eigenvalue weighted by atomic mass is 10.00. The predicted octanol–water partition coefficient (Wildman–Crippen LogP) is 3.25. The summed E-state index contributed by atoms with van der Waals surface area (Å²) in [5.74, 6) is -0.595. The molecule has 3 fully saturated rings.